The van der Waals surface area contributed by atoms with Gasteiger partial charge in [-0.15, -0.1) is 0 Å². The van der Waals surface area contributed by atoms with E-state index in [0.717, 1.165) is 37.8 Å². The van der Waals surface area contributed by atoms with Gasteiger partial charge in [0.25, 0.3) is 5.91 Å². The molecule has 7 rings (SSSR count). The third-order valence-electron chi connectivity index (χ3n) is 7.24. The molecule has 8 nitrogen and oxygen atoms in total. The van der Waals surface area contributed by atoms with Gasteiger partial charge in [0, 0.05) is 23.5 Å². The molecule has 8 heteroatoms. The molecule has 0 aliphatic heterocycles. The summed E-state index contributed by atoms with van der Waals surface area (Å²) >= 11 is 0. The van der Waals surface area contributed by atoms with E-state index in [2.05, 4.69) is 20.6 Å². The number of carbonyl (C=O) groups is 2. The van der Waals surface area contributed by atoms with Gasteiger partial charge < -0.3 is 19.8 Å². The average molecular weight is 431 g/mol. The highest BCUT2D eigenvalue weighted by Gasteiger charge is 2.59. The molecule has 2 atom stereocenters. The topological polar surface area (TPSA) is 97.6 Å². The van der Waals surface area contributed by atoms with Gasteiger partial charge >= 0.3 is 6.09 Å². The Morgan fingerprint density at radius 2 is 1.75 bits per heavy atom. The Balaban J connectivity index is 1.19. The van der Waals surface area contributed by atoms with Gasteiger partial charge in [-0.2, -0.15) is 4.98 Å². The maximum atomic E-state index is 12.9. The van der Waals surface area contributed by atoms with Crippen LogP contribution in [0.3, 0.4) is 0 Å². The normalized spacial score (nSPS) is 30.2. The summed E-state index contributed by atoms with van der Waals surface area (Å²) in [6, 6.07) is 11.0. The summed E-state index contributed by atoms with van der Waals surface area (Å²) in [5.74, 6) is 1.10. The first-order valence-electron chi connectivity index (χ1n) is 11.2. The molecule has 3 heterocycles. The fraction of sp³-hybridized carbons (Fsp3) is 0.417. The molecular formula is C24H25N5O3. The maximum Gasteiger partial charge on any atom is 0.414 e. The maximum absolute atomic E-state index is 12.9. The zero-order chi connectivity index (χ0) is 21.8. The molecule has 3 aromatic rings. The third-order valence-corrected chi connectivity index (χ3v) is 7.24. The fourth-order valence-corrected chi connectivity index (χ4v) is 6.65. The average Bonchev–Trinajstić information content (AvgIpc) is 3.14. The van der Waals surface area contributed by atoms with E-state index >= 15 is 0 Å². The van der Waals surface area contributed by atoms with E-state index in [1.807, 2.05) is 34.9 Å². The molecule has 4 fully saturated rings. The summed E-state index contributed by atoms with van der Waals surface area (Å²) in [5, 5.41) is 6.47. The zero-order valence-electron chi connectivity index (χ0n) is 17.7. The van der Waals surface area contributed by atoms with Crippen molar-refractivity contribution in [1.82, 2.24) is 25.0 Å². The summed E-state index contributed by atoms with van der Waals surface area (Å²) in [6.45, 7) is 0. The van der Waals surface area contributed by atoms with Gasteiger partial charge in [-0.1, -0.05) is 12.1 Å². The molecular weight excluding hydrogens is 406 g/mol. The van der Waals surface area contributed by atoms with E-state index in [-0.39, 0.29) is 22.9 Å². The number of aromatic nitrogens is 3. The van der Waals surface area contributed by atoms with Gasteiger partial charge in [0.2, 0.25) is 5.88 Å². The molecule has 4 saturated carbocycles. The van der Waals surface area contributed by atoms with E-state index in [9.17, 15) is 9.59 Å². The van der Waals surface area contributed by atoms with Gasteiger partial charge in [-0.05, 0) is 74.6 Å². The molecule has 2 N–H and O–H groups in total. The standard InChI is InChI=1S/C24H25N5O3/c30-21(18-5-1-3-7-25-18)27-23-10-16-9-17(11-23)13-24(12-16,15-23)28-22(31)32-20-14-29-8-4-2-6-19(29)26-20/h1-8,14,16-17H,9-13,15H2,(H,27,30)(H,28,31). The molecule has 32 heavy (non-hydrogen) atoms. The van der Waals surface area contributed by atoms with Crippen LogP contribution in [0.4, 0.5) is 4.79 Å². The lowest BCUT2D eigenvalue weighted by Gasteiger charge is -2.61. The van der Waals surface area contributed by atoms with E-state index in [0.29, 0.717) is 24.0 Å². The van der Waals surface area contributed by atoms with E-state index in [1.165, 1.54) is 0 Å². The van der Waals surface area contributed by atoms with Crippen molar-refractivity contribution in [3.8, 4) is 5.88 Å². The van der Waals surface area contributed by atoms with E-state index in [1.54, 1.807) is 24.5 Å². The SMILES string of the molecule is O=C(NC12CC3CC(C1)CC(NC(=O)c1ccccn1)(C3)C2)Oc1cn2ccccc2n1. The number of imidazole rings is 1. The molecule has 4 aliphatic carbocycles. The molecule has 4 bridgehead atoms. The van der Waals surface area contributed by atoms with Gasteiger partial charge in [0.15, 0.2) is 0 Å². The van der Waals surface area contributed by atoms with Crippen LogP contribution >= 0.6 is 0 Å². The second kappa shape index (κ2) is 7.05. The minimum absolute atomic E-state index is 0.144. The van der Waals surface area contributed by atoms with Crippen LogP contribution in [0.15, 0.2) is 55.0 Å². The van der Waals surface area contributed by atoms with Crippen molar-refractivity contribution in [2.75, 3.05) is 0 Å². The third kappa shape index (κ3) is 3.39. The largest absolute Gasteiger partial charge is 0.414 e. The summed E-state index contributed by atoms with van der Waals surface area (Å²) in [7, 11) is 0. The lowest BCUT2D eigenvalue weighted by molar-refractivity contribution is -0.0450. The first-order chi connectivity index (χ1) is 15.5. The van der Waals surface area contributed by atoms with Crippen LogP contribution in [0.2, 0.25) is 0 Å². The Hall–Kier alpha value is -3.42. The van der Waals surface area contributed by atoms with Crippen LogP contribution in [-0.4, -0.2) is 37.4 Å². The molecule has 4 aliphatic rings. The first kappa shape index (κ1) is 19.3. The first-order valence-corrected chi connectivity index (χ1v) is 11.2. The van der Waals surface area contributed by atoms with Crippen LogP contribution < -0.4 is 15.4 Å². The van der Waals surface area contributed by atoms with Crippen molar-refractivity contribution in [2.24, 2.45) is 11.8 Å². The number of ether oxygens (including phenoxy) is 1. The number of rotatable bonds is 4. The lowest BCUT2D eigenvalue weighted by Crippen LogP contribution is -2.70. The van der Waals surface area contributed by atoms with Crippen molar-refractivity contribution in [3.63, 3.8) is 0 Å². The van der Waals surface area contributed by atoms with E-state index in [4.69, 9.17) is 4.74 Å². The number of hydrogen-bond donors (Lipinski definition) is 2. The molecule has 0 radical (unpaired) electrons. The molecule has 0 aromatic carbocycles. The van der Waals surface area contributed by atoms with Gasteiger partial charge in [0.05, 0.1) is 6.20 Å². The lowest BCUT2D eigenvalue weighted by atomic mass is 9.50. The van der Waals surface area contributed by atoms with Gasteiger partial charge in [-0.25, -0.2) is 4.79 Å². The summed E-state index contributed by atoms with van der Waals surface area (Å²) in [6.07, 6.45) is 10.3. The number of pyridine rings is 2. The highest BCUT2D eigenvalue weighted by atomic mass is 16.6. The Morgan fingerprint density at radius 3 is 2.47 bits per heavy atom. The van der Waals surface area contributed by atoms with Crippen molar-refractivity contribution in [2.45, 2.75) is 49.6 Å². The van der Waals surface area contributed by atoms with Gasteiger partial charge in [-0.3, -0.25) is 9.78 Å². The molecule has 0 spiro atoms. The monoisotopic (exact) mass is 431 g/mol. The summed E-state index contributed by atoms with van der Waals surface area (Å²) in [4.78, 5) is 34.3. The molecule has 3 aromatic heterocycles. The number of hydrogen-bond acceptors (Lipinski definition) is 5. The van der Waals surface area contributed by atoms with Crippen LogP contribution in [0, 0.1) is 11.8 Å². The number of nitrogens with zero attached hydrogens (tertiary/aromatic N) is 3. The predicted molar refractivity (Wildman–Crippen MR) is 116 cm³/mol. The van der Waals surface area contributed by atoms with Crippen LogP contribution in [0.25, 0.3) is 5.65 Å². The minimum Gasteiger partial charge on any atom is -0.390 e. The summed E-state index contributed by atoms with van der Waals surface area (Å²) < 4.78 is 7.36. The minimum atomic E-state index is -0.485. The fourth-order valence-electron chi connectivity index (χ4n) is 6.65. The van der Waals surface area contributed by atoms with Crippen LogP contribution in [-0.2, 0) is 0 Å². The molecule has 0 saturated heterocycles. The smallest absolute Gasteiger partial charge is 0.390 e. The Morgan fingerprint density at radius 1 is 1.00 bits per heavy atom. The van der Waals surface area contributed by atoms with Gasteiger partial charge in [0.1, 0.15) is 11.3 Å². The quantitative estimate of drug-likeness (QED) is 0.660. The van der Waals surface area contributed by atoms with Crippen molar-refractivity contribution in [1.29, 1.82) is 0 Å². The zero-order valence-corrected chi connectivity index (χ0v) is 17.7. The Labute approximate surface area is 185 Å². The number of fused-ring (bicyclic) bond motifs is 1. The predicted octanol–water partition coefficient (Wildman–Crippen LogP) is 3.34. The van der Waals surface area contributed by atoms with Crippen LogP contribution in [0.1, 0.15) is 49.0 Å². The Kier molecular flexibility index (Phi) is 4.25. The van der Waals surface area contributed by atoms with E-state index < -0.39 is 6.09 Å². The number of amides is 2. The number of carbonyl (C=O) groups excluding carboxylic acids is 2. The second-order valence-electron chi connectivity index (χ2n) is 9.75. The highest BCUT2D eigenvalue weighted by molar-refractivity contribution is 5.92. The van der Waals surface area contributed by atoms with Crippen molar-refractivity contribution in [3.05, 3.63) is 60.7 Å². The molecule has 2 unspecified atom stereocenters. The Bertz CT molecular complexity index is 1140. The van der Waals surface area contributed by atoms with Crippen LogP contribution in [0.5, 0.6) is 5.88 Å². The second-order valence-corrected chi connectivity index (χ2v) is 9.75. The summed E-state index contributed by atoms with van der Waals surface area (Å²) in [5.41, 5.74) is 0.477. The molecule has 164 valence electrons. The van der Waals surface area contributed by atoms with Crippen molar-refractivity contribution >= 4 is 17.6 Å². The molecule has 2 amide bonds. The number of nitrogens with one attached hydrogen (secondary N) is 2. The van der Waals surface area contributed by atoms with Crippen molar-refractivity contribution < 1.29 is 14.3 Å². The highest BCUT2D eigenvalue weighted by Crippen LogP contribution is 2.57.